The first kappa shape index (κ1) is 22.4. The van der Waals surface area contributed by atoms with E-state index in [2.05, 4.69) is 71.3 Å². The van der Waals surface area contributed by atoms with Crippen LogP contribution in [0.2, 0.25) is 0 Å². The normalized spacial score (nSPS) is 11.2. The highest BCUT2D eigenvalue weighted by molar-refractivity contribution is 8.12. The van der Waals surface area contributed by atoms with Crippen molar-refractivity contribution in [3.63, 3.8) is 0 Å². The molecule has 2 rings (SSSR count). The van der Waals surface area contributed by atoms with Gasteiger partial charge in [-0.25, -0.2) is 0 Å². The molecule has 27 heavy (non-hydrogen) atoms. The number of unbranched alkanes of at least 4 members (excludes halogenated alkanes) is 9. The molecule has 0 saturated carbocycles. The molecule has 1 nitrogen and oxygen atoms in total. The second-order valence-electron chi connectivity index (χ2n) is 7.05. The van der Waals surface area contributed by atoms with Gasteiger partial charge in [-0.2, -0.15) is 3.71 Å². The molecule has 148 valence electrons. The molecule has 0 heterocycles. The van der Waals surface area contributed by atoms with Gasteiger partial charge in [-0.3, -0.25) is 0 Å². The average molecular weight is 402 g/mol. The Morgan fingerprint density at radius 2 is 0.963 bits per heavy atom. The van der Waals surface area contributed by atoms with E-state index < -0.39 is 0 Å². The Hall–Kier alpha value is -0.900. The predicted octanol–water partition coefficient (Wildman–Crippen LogP) is 8.62. The molecule has 0 unspecified atom stereocenters. The van der Waals surface area contributed by atoms with E-state index in [1.165, 1.54) is 74.0 Å². The van der Waals surface area contributed by atoms with Gasteiger partial charge in [0, 0.05) is 16.3 Å². The minimum Gasteiger partial charge on any atom is -0.186 e. The number of rotatable bonds is 15. The molecule has 0 bridgehead atoms. The summed E-state index contributed by atoms with van der Waals surface area (Å²) in [5.41, 5.74) is 0. The Morgan fingerprint density at radius 3 is 1.41 bits per heavy atom. The number of benzene rings is 2. The summed E-state index contributed by atoms with van der Waals surface area (Å²) >= 11 is 3.72. The molecule has 0 spiro atoms. The lowest BCUT2D eigenvalue weighted by molar-refractivity contribution is 0.544. The van der Waals surface area contributed by atoms with E-state index >= 15 is 0 Å². The van der Waals surface area contributed by atoms with Gasteiger partial charge in [0.2, 0.25) is 0 Å². The van der Waals surface area contributed by atoms with Crippen LogP contribution in [0.4, 0.5) is 0 Å². The minimum absolute atomic E-state index is 1.12. The van der Waals surface area contributed by atoms with Crippen LogP contribution in [0.15, 0.2) is 70.5 Å². The zero-order valence-corrected chi connectivity index (χ0v) is 18.4. The van der Waals surface area contributed by atoms with E-state index in [9.17, 15) is 0 Å². The molecule has 2 aromatic carbocycles. The maximum atomic E-state index is 2.44. The fraction of sp³-hybridized carbons (Fsp3) is 0.500. The summed E-state index contributed by atoms with van der Waals surface area (Å²) in [6.07, 6.45) is 13.9. The first-order valence-corrected chi connectivity index (χ1v) is 12.2. The van der Waals surface area contributed by atoms with Crippen molar-refractivity contribution >= 4 is 23.9 Å². The van der Waals surface area contributed by atoms with E-state index in [4.69, 9.17) is 0 Å². The van der Waals surface area contributed by atoms with Crippen LogP contribution >= 0.6 is 23.9 Å². The number of nitrogens with zero attached hydrogens (tertiary/aromatic N) is 1. The van der Waals surface area contributed by atoms with Gasteiger partial charge in [-0.15, -0.1) is 0 Å². The summed E-state index contributed by atoms with van der Waals surface area (Å²) in [6, 6.07) is 21.4. The lowest BCUT2D eigenvalue weighted by atomic mass is 10.1. The summed E-state index contributed by atoms with van der Waals surface area (Å²) in [4.78, 5) is 2.63. The third-order valence-electron chi connectivity index (χ3n) is 4.60. The fourth-order valence-electron chi connectivity index (χ4n) is 3.04. The van der Waals surface area contributed by atoms with Gasteiger partial charge >= 0.3 is 0 Å². The molecule has 0 radical (unpaired) electrons. The molecule has 0 aromatic heterocycles. The van der Waals surface area contributed by atoms with E-state index in [1.54, 1.807) is 0 Å². The molecule has 0 aliphatic carbocycles. The molecular weight excluding hydrogens is 366 g/mol. The molecule has 0 fully saturated rings. The molecule has 0 amide bonds. The third-order valence-corrected chi connectivity index (χ3v) is 6.78. The van der Waals surface area contributed by atoms with Gasteiger partial charge < -0.3 is 0 Å². The van der Waals surface area contributed by atoms with Crippen molar-refractivity contribution in [3.8, 4) is 0 Å². The Kier molecular flexibility index (Phi) is 12.5. The number of hydrogen-bond donors (Lipinski definition) is 0. The smallest absolute Gasteiger partial charge is 0.0238 e. The summed E-state index contributed by atoms with van der Waals surface area (Å²) in [5.74, 6) is 0. The first-order valence-electron chi connectivity index (χ1n) is 10.6. The van der Waals surface area contributed by atoms with Crippen LogP contribution in [0, 0.1) is 0 Å². The second-order valence-corrected chi connectivity index (χ2v) is 9.47. The van der Waals surface area contributed by atoms with Crippen molar-refractivity contribution < 1.29 is 0 Å². The average Bonchev–Trinajstić information content (AvgIpc) is 2.71. The van der Waals surface area contributed by atoms with Crippen molar-refractivity contribution in [1.82, 2.24) is 3.71 Å². The SMILES string of the molecule is CCCCCCCCCCCCN(Sc1ccccc1)Sc1ccccc1. The highest BCUT2D eigenvalue weighted by Gasteiger charge is 2.09. The van der Waals surface area contributed by atoms with Gasteiger partial charge in [-0.05, 0) is 54.6 Å². The van der Waals surface area contributed by atoms with E-state index in [1.807, 2.05) is 23.9 Å². The van der Waals surface area contributed by atoms with Crippen molar-refractivity contribution in [2.75, 3.05) is 6.54 Å². The van der Waals surface area contributed by atoms with Crippen molar-refractivity contribution in [1.29, 1.82) is 0 Å². The molecule has 0 atom stereocenters. The lowest BCUT2D eigenvalue weighted by Crippen LogP contribution is -2.08. The monoisotopic (exact) mass is 401 g/mol. The largest absolute Gasteiger partial charge is 0.186 e. The summed E-state index contributed by atoms with van der Waals surface area (Å²) in [5, 5.41) is 0. The molecular formula is C24H35NS2. The van der Waals surface area contributed by atoms with Crippen LogP contribution < -0.4 is 0 Å². The van der Waals surface area contributed by atoms with Crippen LogP contribution in [0.5, 0.6) is 0 Å². The van der Waals surface area contributed by atoms with E-state index in [0.29, 0.717) is 0 Å². The third kappa shape index (κ3) is 10.9. The standard InChI is InChI=1S/C24H35NS2/c1-2-3-4-5-6-7-8-9-10-17-22-25(26-23-18-13-11-14-19-23)27-24-20-15-12-16-21-24/h11-16,18-21H,2-10,17,22H2,1H3. The van der Waals surface area contributed by atoms with Gasteiger partial charge in [0.25, 0.3) is 0 Å². The van der Waals surface area contributed by atoms with E-state index in [-0.39, 0.29) is 0 Å². The van der Waals surface area contributed by atoms with Gasteiger partial charge in [0.15, 0.2) is 0 Å². The topological polar surface area (TPSA) is 3.24 Å². The maximum Gasteiger partial charge on any atom is 0.0238 e. The minimum atomic E-state index is 1.12. The summed E-state index contributed by atoms with van der Waals surface area (Å²) in [7, 11) is 0. The highest BCUT2D eigenvalue weighted by atomic mass is 32.2. The molecule has 0 N–H and O–H groups in total. The predicted molar refractivity (Wildman–Crippen MR) is 123 cm³/mol. The van der Waals surface area contributed by atoms with Crippen molar-refractivity contribution in [2.45, 2.75) is 80.9 Å². The molecule has 0 saturated heterocycles. The summed E-state index contributed by atoms with van der Waals surface area (Å²) < 4.78 is 2.44. The quantitative estimate of drug-likeness (QED) is 0.217. The first-order chi connectivity index (χ1) is 13.4. The fourth-order valence-corrected chi connectivity index (χ4v) is 5.17. The highest BCUT2D eigenvalue weighted by Crippen LogP contribution is 2.34. The Bertz CT molecular complexity index is 532. The lowest BCUT2D eigenvalue weighted by Gasteiger charge is -2.19. The maximum absolute atomic E-state index is 2.44. The van der Waals surface area contributed by atoms with Crippen molar-refractivity contribution in [3.05, 3.63) is 60.7 Å². The Labute approximate surface area is 175 Å². The van der Waals surface area contributed by atoms with Gasteiger partial charge in [0.1, 0.15) is 0 Å². The van der Waals surface area contributed by atoms with Crippen molar-refractivity contribution in [2.24, 2.45) is 0 Å². The van der Waals surface area contributed by atoms with E-state index in [0.717, 1.165) is 6.54 Å². The summed E-state index contributed by atoms with van der Waals surface area (Å²) in [6.45, 7) is 3.41. The van der Waals surface area contributed by atoms with Crippen LogP contribution in [-0.4, -0.2) is 10.3 Å². The van der Waals surface area contributed by atoms with Crippen LogP contribution in [0.25, 0.3) is 0 Å². The zero-order chi connectivity index (χ0) is 19.0. The molecule has 0 aliphatic rings. The van der Waals surface area contributed by atoms with Crippen LogP contribution in [0.1, 0.15) is 71.1 Å². The van der Waals surface area contributed by atoms with Gasteiger partial charge in [0.05, 0.1) is 0 Å². The zero-order valence-electron chi connectivity index (χ0n) is 16.8. The number of hydrogen-bond acceptors (Lipinski definition) is 3. The Morgan fingerprint density at radius 1 is 0.556 bits per heavy atom. The van der Waals surface area contributed by atoms with Gasteiger partial charge in [-0.1, -0.05) is 101 Å². The Balaban J connectivity index is 1.66. The van der Waals surface area contributed by atoms with Crippen LogP contribution in [0.3, 0.4) is 0 Å². The molecule has 3 heteroatoms. The molecule has 0 aliphatic heterocycles. The second kappa shape index (κ2) is 15.1. The van der Waals surface area contributed by atoms with Crippen LogP contribution in [-0.2, 0) is 0 Å². The molecule has 2 aromatic rings.